The molecule has 116 valence electrons. The number of carbonyl (C=O) groups is 1. The van der Waals surface area contributed by atoms with Gasteiger partial charge in [0.05, 0.1) is 19.8 Å². The molecule has 2 fully saturated rings. The van der Waals surface area contributed by atoms with E-state index < -0.39 is 37.3 Å². The van der Waals surface area contributed by atoms with Crippen LogP contribution in [0.2, 0.25) is 0 Å². The number of carbonyl (C=O) groups excluding carboxylic acids is 1. The summed E-state index contributed by atoms with van der Waals surface area (Å²) in [4.78, 5) is 11.9. The minimum absolute atomic E-state index is 0.0995. The predicted molar refractivity (Wildman–Crippen MR) is 64.5 cm³/mol. The molecule has 10 heteroatoms. The lowest BCUT2D eigenvalue weighted by atomic mass is 10.1. The van der Waals surface area contributed by atoms with E-state index in [0.717, 1.165) is 0 Å². The summed E-state index contributed by atoms with van der Waals surface area (Å²) in [6.07, 6.45) is -4.04. The van der Waals surface area contributed by atoms with E-state index in [-0.39, 0.29) is 11.9 Å². The predicted octanol–water partition coefficient (Wildman–Crippen LogP) is -4.24. The highest BCUT2D eigenvalue weighted by atomic mass is 16.7. The average molecular weight is 293 g/mol. The first kappa shape index (κ1) is 16.8. The number of amides is 1. The quantitative estimate of drug-likeness (QED) is 0.269. The van der Waals surface area contributed by atoms with Crippen molar-refractivity contribution in [3.8, 4) is 0 Å². The monoisotopic (exact) mass is 293 g/mol. The topological polar surface area (TPSA) is 167 Å². The zero-order valence-electron chi connectivity index (χ0n) is 10.9. The van der Waals surface area contributed by atoms with Crippen LogP contribution in [0.5, 0.6) is 0 Å². The molecule has 2 heterocycles. The van der Waals surface area contributed by atoms with E-state index in [0.29, 0.717) is 6.54 Å². The second-order valence-corrected chi connectivity index (χ2v) is 4.53. The molecular formula is C10H19N3O7. The van der Waals surface area contributed by atoms with Crippen LogP contribution in [-0.4, -0.2) is 93.2 Å². The molecule has 0 aliphatic carbocycles. The smallest absolute Gasteiger partial charge is 0.246 e. The van der Waals surface area contributed by atoms with Gasteiger partial charge in [0.1, 0.15) is 18.3 Å². The molecule has 0 unspecified atom stereocenters. The summed E-state index contributed by atoms with van der Waals surface area (Å²) in [6, 6.07) is 0. The first-order chi connectivity index (χ1) is 9.25. The zero-order chi connectivity index (χ0) is 15.5. The average Bonchev–Trinajstić information content (AvgIpc) is 2.82. The summed E-state index contributed by atoms with van der Waals surface area (Å²) in [7, 11) is 1.69. The molecule has 2 aliphatic rings. The molecule has 2 aliphatic heterocycles. The minimum atomic E-state index is -2.16. The Kier molecular flexibility index (Phi) is 5.39. The van der Waals surface area contributed by atoms with Crippen LogP contribution in [0.15, 0.2) is 0 Å². The SMILES string of the molecule is CN1CC(=O)NC1=N.OC[C@H]1O[C@](O)(CO)[C@@H](O)[C@@H]1O. The van der Waals surface area contributed by atoms with Crippen molar-refractivity contribution in [2.45, 2.75) is 24.1 Å². The van der Waals surface area contributed by atoms with E-state index in [1.54, 1.807) is 11.9 Å². The second kappa shape index (κ2) is 6.43. The maximum atomic E-state index is 10.4. The van der Waals surface area contributed by atoms with Gasteiger partial charge in [-0.2, -0.15) is 0 Å². The maximum absolute atomic E-state index is 10.4. The van der Waals surface area contributed by atoms with Crippen molar-refractivity contribution in [2.24, 2.45) is 0 Å². The van der Waals surface area contributed by atoms with Crippen LogP contribution < -0.4 is 5.32 Å². The molecule has 2 saturated heterocycles. The van der Waals surface area contributed by atoms with Crippen molar-refractivity contribution in [3.05, 3.63) is 0 Å². The van der Waals surface area contributed by atoms with Crippen molar-refractivity contribution >= 4 is 11.9 Å². The van der Waals surface area contributed by atoms with Crippen LogP contribution in [0.1, 0.15) is 0 Å². The first-order valence-electron chi connectivity index (χ1n) is 5.82. The highest BCUT2D eigenvalue weighted by molar-refractivity contribution is 6.02. The molecule has 0 saturated carbocycles. The fourth-order valence-electron chi connectivity index (χ4n) is 1.71. The number of guanidine groups is 1. The summed E-state index contributed by atoms with van der Waals surface area (Å²) < 4.78 is 4.63. The molecule has 1 amide bonds. The lowest BCUT2D eigenvalue weighted by Crippen LogP contribution is -2.46. The van der Waals surface area contributed by atoms with E-state index in [4.69, 9.17) is 25.8 Å². The number of hydrogen-bond donors (Lipinski definition) is 7. The molecular weight excluding hydrogens is 274 g/mol. The lowest BCUT2D eigenvalue weighted by Gasteiger charge is -2.22. The lowest BCUT2D eigenvalue weighted by molar-refractivity contribution is -0.248. The van der Waals surface area contributed by atoms with Gasteiger partial charge in [-0.15, -0.1) is 0 Å². The van der Waals surface area contributed by atoms with Crippen LogP contribution >= 0.6 is 0 Å². The molecule has 10 nitrogen and oxygen atoms in total. The van der Waals surface area contributed by atoms with E-state index in [2.05, 4.69) is 10.1 Å². The van der Waals surface area contributed by atoms with E-state index in [1.165, 1.54) is 0 Å². The van der Waals surface area contributed by atoms with Gasteiger partial charge in [-0.05, 0) is 0 Å². The Bertz CT molecular complexity index is 380. The van der Waals surface area contributed by atoms with Crippen molar-refractivity contribution in [3.63, 3.8) is 0 Å². The molecule has 4 atom stereocenters. The first-order valence-corrected chi connectivity index (χ1v) is 5.82. The zero-order valence-corrected chi connectivity index (χ0v) is 10.9. The van der Waals surface area contributed by atoms with Crippen LogP contribution in [0, 0.1) is 5.41 Å². The van der Waals surface area contributed by atoms with Crippen LogP contribution in [-0.2, 0) is 9.53 Å². The highest BCUT2D eigenvalue weighted by Crippen LogP contribution is 2.28. The number of aliphatic hydroxyl groups excluding tert-OH is 4. The summed E-state index contributed by atoms with van der Waals surface area (Å²) in [5, 5.41) is 54.0. The van der Waals surface area contributed by atoms with Gasteiger partial charge >= 0.3 is 0 Å². The van der Waals surface area contributed by atoms with E-state index in [9.17, 15) is 9.90 Å². The second-order valence-electron chi connectivity index (χ2n) is 4.53. The molecule has 2 rings (SSSR count). The number of aliphatic hydroxyl groups is 5. The molecule has 0 aromatic carbocycles. The Morgan fingerprint density at radius 2 is 2.10 bits per heavy atom. The van der Waals surface area contributed by atoms with Crippen molar-refractivity contribution in [1.29, 1.82) is 5.41 Å². The summed E-state index contributed by atoms with van der Waals surface area (Å²) in [5.41, 5.74) is 0. The fourth-order valence-corrected chi connectivity index (χ4v) is 1.71. The van der Waals surface area contributed by atoms with Gasteiger partial charge in [0.15, 0.2) is 5.96 Å². The van der Waals surface area contributed by atoms with Gasteiger partial charge in [0, 0.05) is 7.05 Å². The molecule has 7 N–H and O–H groups in total. The Hall–Kier alpha value is -1.30. The number of nitrogens with zero attached hydrogens (tertiary/aromatic N) is 1. The molecule has 0 aromatic heterocycles. The standard InChI is InChI=1S/C6H12O6.C4H7N3O/c7-1-3-4(9)5(10)6(11,2-8)12-3;1-7-2-3(8)6-4(7)5/h3-5,7-11H,1-2H2;2H2,1H3,(H2,5,6,8)/t3-,4-,5+,6-;/m1./s1. The van der Waals surface area contributed by atoms with E-state index in [1.807, 2.05) is 0 Å². The van der Waals surface area contributed by atoms with E-state index >= 15 is 0 Å². The van der Waals surface area contributed by atoms with Crippen LogP contribution in [0.4, 0.5) is 0 Å². The number of rotatable bonds is 2. The van der Waals surface area contributed by atoms with Crippen molar-refractivity contribution in [2.75, 3.05) is 26.8 Å². The van der Waals surface area contributed by atoms with Crippen molar-refractivity contribution in [1.82, 2.24) is 10.2 Å². The molecule has 0 aromatic rings. The van der Waals surface area contributed by atoms with Gasteiger partial charge in [0.25, 0.3) is 0 Å². The van der Waals surface area contributed by atoms with Gasteiger partial charge in [0.2, 0.25) is 11.7 Å². The minimum Gasteiger partial charge on any atom is -0.394 e. The Morgan fingerprint density at radius 1 is 1.50 bits per heavy atom. The van der Waals surface area contributed by atoms with Crippen LogP contribution in [0.25, 0.3) is 0 Å². The number of likely N-dealkylation sites (N-methyl/N-ethyl adjacent to an activating group) is 1. The molecule has 0 bridgehead atoms. The van der Waals surface area contributed by atoms with Crippen molar-refractivity contribution < 1.29 is 35.1 Å². The molecule has 0 spiro atoms. The van der Waals surface area contributed by atoms with Gasteiger partial charge in [-0.25, -0.2) is 0 Å². The molecule has 20 heavy (non-hydrogen) atoms. The highest BCUT2D eigenvalue weighted by Gasteiger charge is 2.52. The Morgan fingerprint density at radius 3 is 2.30 bits per heavy atom. The Balaban J connectivity index is 0.000000217. The normalized spacial score (nSPS) is 36.7. The fraction of sp³-hybridized carbons (Fsp3) is 0.800. The number of ether oxygens (including phenoxy) is 1. The van der Waals surface area contributed by atoms with Gasteiger partial charge in [-0.1, -0.05) is 0 Å². The largest absolute Gasteiger partial charge is 0.394 e. The third-order valence-electron chi connectivity index (χ3n) is 2.95. The third kappa shape index (κ3) is 3.42. The summed E-state index contributed by atoms with van der Waals surface area (Å²) >= 11 is 0. The summed E-state index contributed by atoms with van der Waals surface area (Å²) in [5.74, 6) is -2.07. The number of hydrogen-bond acceptors (Lipinski definition) is 8. The van der Waals surface area contributed by atoms with Gasteiger partial charge in [-0.3, -0.25) is 15.5 Å². The summed E-state index contributed by atoms with van der Waals surface area (Å²) in [6.45, 7) is -1.04. The third-order valence-corrected chi connectivity index (χ3v) is 2.95. The van der Waals surface area contributed by atoms with Gasteiger partial charge < -0.3 is 35.2 Å². The maximum Gasteiger partial charge on any atom is 0.246 e. The number of nitrogens with one attached hydrogen (secondary N) is 2. The Labute approximate surface area is 114 Å². The molecule has 0 radical (unpaired) electrons. The van der Waals surface area contributed by atoms with Crippen LogP contribution in [0.3, 0.4) is 0 Å².